The van der Waals surface area contributed by atoms with E-state index in [0.717, 1.165) is 29.2 Å². The fraction of sp³-hybridized carbons (Fsp3) is 0.737. The van der Waals surface area contributed by atoms with Gasteiger partial charge in [0, 0.05) is 25.6 Å². The molecule has 1 aliphatic carbocycles. The van der Waals surface area contributed by atoms with Crippen molar-refractivity contribution >= 4 is 16.9 Å². The van der Waals surface area contributed by atoms with Crippen LogP contribution in [0, 0.1) is 0 Å². The van der Waals surface area contributed by atoms with E-state index in [0.29, 0.717) is 12.0 Å². The molecule has 1 N–H and O–H groups in total. The van der Waals surface area contributed by atoms with Gasteiger partial charge < -0.3 is 10.2 Å². The molecule has 6 nitrogen and oxygen atoms in total. The molecule has 0 unspecified atom stereocenters. The second-order valence-corrected chi connectivity index (χ2v) is 7.70. The highest BCUT2D eigenvalue weighted by molar-refractivity contribution is 5.86. The molecule has 2 aliphatic rings. The van der Waals surface area contributed by atoms with Crippen molar-refractivity contribution in [1.29, 1.82) is 0 Å². The number of likely N-dealkylation sites (tertiary alicyclic amines) is 1. The quantitative estimate of drug-likeness (QED) is 0.903. The van der Waals surface area contributed by atoms with Gasteiger partial charge in [-0.15, -0.1) is 0 Å². The zero-order valence-electron chi connectivity index (χ0n) is 15.5. The van der Waals surface area contributed by atoms with Crippen LogP contribution >= 0.6 is 0 Å². The third kappa shape index (κ3) is 3.50. The third-order valence-corrected chi connectivity index (χ3v) is 5.72. The van der Waals surface area contributed by atoms with Crippen LogP contribution < -0.4 is 5.32 Å². The van der Waals surface area contributed by atoms with Gasteiger partial charge in [0.1, 0.15) is 11.6 Å². The molecule has 4 rings (SSSR count). The monoisotopic (exact) mass is 342 g/mol. The van der Waals surface area contributed by atoms with Crippen molar-refractivity contribution in [2.45, 2.75) is 63.8 Å². The minimum absolute atomic E-state index is 0.468. The van der Waals surface area contributed by atoms with E-state index in [1.54, 1.807) is 0 Å². The lowest BCUT2D eigenvalue weighted by Crippen LogP contribution is -2.42. The average molecular weight is 342 g/mol. The summed E-state index contributed by atoms with van der Waals surface area (Å²) >= 11 is 0. The van der Waals surface area contributed by atoms with E-state index < -0.39 is 0 Å². The summed E-state index contributed by atoms with van der Waals surface area (Å²) in [6.07, 6.45) is 10.6. The first-order valence-electron chi connectivity index (χ1n) is 9.93. The van der Waals surface area contributed by atoms with Crippen LogP contribution in [-0.4, -0.2) is 50.3 Å². The lowest BCUT2D eigenvalue weighted by atomic mass is 10.1. The largest absolute Gasteiger partial charge is 0.365 e. The van der Waals surface area contributed by atoms with E-state index in [9.17, 15) is 0 Å². The van der Waals surface area contributed by atoms with E-state index in [4.69, 9.17) is 9.97 Å². The number of aromatic nitrogens is 4. The number of nitrogens with zero attached hydrogens (tertiary/aromatic N) is 5. The van der Waals surface area contributed by atoms with Crippen LogP contribution in [-0.2, 0) is 7.05 Å². The van der Waals surface area contributed by atoms with Gasteiger partial charge in [0.2, 0.25) is 0 Å². The van der Waals surface area contributed by atoms with Crippen LogP contribution in [0.5, 0.6) is 0 Å². The summed E-state index contributed by atoms with van der Waals surface area (Å²) < 4.78 is 1.88. The summed E-state index contributed by atoms with van der Waals surface area (Å²) in [7, 11) is 1.97. The topological polar surface area (TPSA) is 58.9 Å². The number of anilines is 1. The van der Waals surface area contributed by atoms with E-state index in [1.807, 2.05) is 17.9 Å². The maximum absolute atomic E-state index is 4.97. The van der Waals surface area contributed by atoms with E-state index >= 15 is 0 Å². The van der Waals surface area contributed by atoms with Gasteiger partial charge in [-0.3, -0.25) is 4.68 Å². The number of piperidine rings is 1. The van der Waals surface area contributed by atoms with Crippen molar-refractivity contribution < 1.29 is 0 Å². The molecule has 6 heteroatoms. The van der Waals surface area contributed by atoms with Crippen molar-refractivity contribution in [3.63, 3.8) is 0 Å². The first-order valence-corrected chi connectivity index (χ1v) is 9.93. The molecule has 136 valence electrons. The predicted molar refractivity (Wildman–Crippen MR) is 101 cm³/mol. The maximum atomic E-state index is 4.97. The molecule has 0 bridgehead atoms. The molecule has 2 aromatic rings. The minimum atomic E-state index is 0.468. The van der Waals surface area contributed by atoms with Gasteiger partial charge in [-0.05, 0) is 45.2 Å². The number of nitrogens with one attached hydrogen (secondary N) is 1. The van der Waals surface area contributed by atoms with Crippen LogP contribution in [0.2, 0.25) is 0 Å². The molecule has 2 aromatic heterocycles. The second-order valence-electron chi connectivity index (χ2n) is 7.70. The number of hydrogen-bond acceptors (Lipinski definition) is 5. The number of aryl methyl sites for hydroxylation is 1. The Hall–Kier alpha value is -1.69. The van der Waals surface area contributed by atoms with Crippen molar-refractivity contribution in [3.05, 3.63) is 12.0 Å². The summed E-state index contributed by atoms with van der Waals surface area (Å²) in [5, 5.41) is 9.22. The molecule has 3 heterocycles. The highest BCUT2D eigenvalue weighted by Gasteiger charge is 2.24. The highest BCUT2D eigenvalue weighted by Crippen LogP contribution is 2.34. The van der Waals surface area contributed by atoms with E-state index in [-0.39, 0.29) is 0 Å². The summed E-state index contributed by atoms with van der Waals surface area (Å²) in [5.74, 6) is 2.52. The molecular formula is C19H30N6. The van der Waals surface area contributed by atoms with Gasteiger partial charge in [0.25, 0.3) is 0 Å². The normalized spacial score (nSPS) is 22.7. The molecule has 0 radical (unpaired) electrons. The summed E-state index contributed by atoms with van der Waals surface area (Å²) in [5.41, 5.74) is 0.959. The van der Waals surface area contributed by atoms with Gasteiger partial charge >= 0.3 is 0 Å². The van der Waals surface area contributed by atoms with Crippen molar-refractivity contribution in [1.82, 2.24) is 24.6 Å². The molecule has 0 spiro atoms. The van der Waals surface area contributed by atoms with Crippen LogP contribution in [0.15, 0.2) is 6.20 Å². The maximum Gasteiger partial charge on any atom is 0.163 e. The highest BCUT2D eigenvalue weighted by atomic mass is 15.3. The summed E-state index contributed by atoms with van der Waals surface area (Å²) in [4.78, 5) is 12.4. The Kier molecular flexibility index (Phi) is 4.88. The Morgan fingerprint density at radius 2 is 2.00 bits per heavy atom. The van der Waals surface area contributed by atoms with Crippen molar-refractivity contribution in [3.8, 4) is 0 Å². The SMILES string of the molecule is CCCN1CCC[C@@H](Nc2nc(C3CCCC3)nc3c2cnn3C)C1. The molecule has 25 heavy (non-hydrogen) atoms. The van der Waals surface area contributed by atoms with Gasteiger partial charge in [0.05, 0.1) is 11.6 Å². The Balaban J connectivity index is 1.61. The van der Waals surface area contributed by atoms with Crippen LogP contribution in [0.1, 0.15) is 63.6 Å². The number of rotatable bonds is 5. The molecule has 1 aliphatic heterocycles. The molecular weight excluding hydrogens is 312 g/mol. The first-order chi connectivity index (χ1) is 12.2. The third-order valence-electron chi connectivity index (χ3n) is 5.72. The van der Waals surface area contributed by atoms with Crippen LogP contribution in [0.3, 0.4) is 0 Å². The fourth-order valence-electron chi connectivity index (χ4n) is 4.40. The fourth-order valence-corrected chi connectivity index (χ4v) is 4.40. The van der Waals surface area contributed by atoms with E-state index in [1.165, 1.54) is 58.0 Å². The Bertz CT molecular complexity index is 716. The van der Waals surface area contributed by atoms with E-state index in [2.05, 4.69) is 22.2 Å². The number of hydrogen-bond donors (Lipinski definition) is 1. The smallest absolute Gasteiger partial charge is 0.163 e. The number of fused-ring (bicyclic) bond motifs is 1. The molecule has 2 fully saturated rings. The Morgan fingerprint density at radius 3 is 2.80 bits per heavy atom. The first kappa shape index (κ1) is 16.8. The molecule has 0 amide bonds. The molecule has 1 saturated heterocycles. The second kappa shape index (κ2) is 7.28. The van der Waals surface area contributed by atoms with Gasteiger partial charge in [-0.25, -0.2) is 9.97 Å². The van der Waals surface area contributed by atoms with Gasteiger partial charge in [-0.1, -0.05) is 19.8 Å². The average Bonchev–Trinajstić information content (AvgIpc) is 3.26. The summed E-state index contributed by atoms with van der Waals surface area (Å²) in [6.45, 7) is 5.79. The Morgan fingerprint density at radius 1 is 1.16 bits per heavy atom. The van der Waals surface area contributed by atoms with Crippen molar-refractivity contribution in [2.24, 2.45) is 7.05 Å². The van der Waals surface area contributed by atoms with Gasteiger partial charge in [0.15, 0.2) is 5.65 Å². The standard InChI is InChI=1S/C19H30N6/c1-3-10-25-11-6-9-15(13-25)21-18-16-12-20-24(2)19(16)23-17(22-18)14-7-4-5-8-14/h12,14-15H,3-11,13H2,1-2H3,(H,21,22,23)/t15-/m1/s1. The van der Waals surface area contributed by atoms with Crippen LogP contribution in [0.4, 0.5) is 5.82 Å². The molecule has 0 aromatic carbocycles. The zero-order valence-corrected chi connectivity index (χ0v) is 15.5. The lowest BCUT2D eigenvalue weighted by Gasteiger charge is -2.33. The summed E-state index contributed by atoms with van der Waals surface area (Å²) in [6, 6.07) is 0.468. The predicted octanol–water partition coefficient (Wildman–Crippen LogP) is 3.31. The molecule has 1 atom stereocenters. The van der Waals surface area contributed by atoms with Crippen molar-refractivity contribution in [2.75, 3.05) is 25.0 Å². The van der Waals surface area contributed by atoms with Gasteiger partial charge in [-0.2, -0.15) is 5.10 Å². The lowest BCUT2D eigenvalue weighted by molar-refractivity contribution is 0.216. The Labute approximate surface area is 150 Å². The van der Waals surface area contributed by atoms with Crippen LogP contribution in [0.25, 0.3) is 11.0 Å². The molecule has 1 saturated carbocycles. The zero-order chi connectivity index (χ0) is 17.2. The minimum Gasteiger partial charge on any atom is -0.365 e.